The van der Waals surface area contributed by atoms with Gasteiger partial charge in [0.2, 0.25) is 0 Å². The van der Waals surface area contributed by atoms with Crippen molar-refractivity contribution >= 4 is 33.9 Å². The smallest absolute Gasteiger partial charge is 0.325 e. The molecule has 0 spiro atoms. The highest BCUT2D eigenvalue weighted by Gasteiger charge is 2.16. The van der Waals surface area contributed by atoms with E-state index in [0.717, 1.165) is 44.0 Å². The Morgan fingerprint density at radius 2 is 2.04 bits per heavy atom. The van der Waals surface area contributed by atoms with Gasteiger partial charge in [0.25, 0.3) is 0 Å². The molecule has 24 heavy (non-hydrogen) atoms. The third-order valence-electron chi connectivity index (χ3n) is 4.30. The number of rotatable bonds is 4. The number of urea groups is 1. The Morgan fingerprint density at radius 3 is 2.67 bits per heavy atom. The maximum Gasteiger partial charge on any atom is 0.325 e. The number of aryl methyl sites for hydroxylation is 1. The Labute approximate surface area is 146 Å². The van der Waals surface area contributed by atoms with Crippen LogP contribution in [0.15, 0.2) is 29.8 Å². The van der Waals surface area contributed by atoms with Crippen molar-refractivity contribution in [3.63, 3.8) is 0 Å². The number of carbonyl (C=O) groups is 1. The van der Waals surface area contributed by atoms with Crippen molar-refractivity contribution in [1.82, 2.24) is 9.88 Å². The topological polar surface area (TPSA) is 60.5 Å². The number of aromatic nitrogens is 1. The second-order valence-electron chi connectivity index (χ2n) is 5.84. The molecule has 0 atom stereocenters. The summed E-state index contributed by atoms with van der Waals surface area (Å²) in [6, 6.07) is 5.92. The molecule has 0 radical (unpaired) electrons. The van der Waals surface area contributed by atoms with E-state index >= 15 is 0 Å². The summed E-state index contributed by atoms with van der Waals surface area (Å²) in [6.45, 7) is 9.64. The second kappa shape index (κ2) is 7.63. The van der Waals surface area contributed by atoms with Crippen LogP contribution in [0.4, 0.5) is 21.3 Å². The van der Waals surface area contributed by atoms with Crippen LogP contribution in [0.3, 0.4) is 0 Å². The molecule has 128 valence electrons. The van der Waals surface area contributed by atoms with Crippen molar-refractivity contribution in [2.45, 2.75) is 13.8 Å². The molecule has 1 fully saturated rings. The fraction of sp³-hybridized carbons (Fsp3) is 0.412. The number of piperazine rings is 1. The van der Waals surface area contributed by atoms with Gasteiger partial charge < -0.3 is 15.1 Å². The summed E-state index contributed by atoms with van der Waals surface area (Å²) in [5.74, 6) is 0. The third-order valence-corrected chi connectivity index (χ3v) is 4.98. The minimum absolute atomic E-state index is 0.266. The molecule has 3 rings (SSSR count). The zero-order valence-corrected chi connectivity index (χ0v) is 14.9. The van der Waals surface area contributed by atoms with Crippen LogP contribution < -0.4 is 15.5 Å². The average molecular weight is 345 g/mol. The summed E-state index contributed by atoms with van der Waals surface area (Å²) in [4.78, 5) is 20.9. The largest absolute Gasteiger partial charge is 0.369 e. The molecule has 0 unspecified atom stereocenters. The van der Waals surface area contributed by atoms with Gasteiger partial charge in [0.15, 0.2) is 5.13 Å². The molecule has 0 bridgehead atoms. The van der Waals surface area contributed by atoms with Crippen LogP contribution in [-0.4, -0.2) is 48.6 Å². The standard InChI is InChI=1S/C17H23N5OS/c1-3-21-7-9-22(10-8-21)14-4-5-15(13(2)12-14)19-16(23)20-17-18-6-11-24-17/h4-6,11-12H,3,7-10H2,1-2H3,(H2,18,19,20,23). The van der Waals surface area contributed by atoms with Gasteiger partial charge in [-0.3, -0.25) is 5.32 Å². The molecule has 1 aliphatic heterocycles. The van der Waals surface area contributed by atoms with E-state index < -0.39 is 0 Å². The van der Waals surface area contributed by atoms with Crippen LogP contribution in [-0.2, 0) is 0 Å². The van der Waals surface area contributed by atoms with Crippen LogP contribution in [0.5, 0.6) is 0 Å². The van der Waals surface area contributed by atoms with Crippen molar-refractivity contribution in [2.75, 3.05) is 48.3 Å². The molecule has 2 aromatic rings. The lowest BCUT2D eigenvalue weighted by Gasteiger charge is -2.35. The summed E-state index contributed by atoms with van der Waals surface area (Å²) in [6.07, 6.45) is 1.67. The first-order valence-electron chi connectivity index (χ1n) is 8.21. The SMILES string of the molecule is CCN1CCN(c2ccc(NC(=O)Nc3nccs3)c(C)c2)CC1. The van der Waals surface area contributed by atoms with E-state index in [9.17, 15) is 4.79 Å². The average Bonchev–Trinajstić information content (AvgIpc) is 3.09. The van der Waals surface area contributed by atoms with Crippen LogP contribution in [0.1, 0.15) is 12.5 Å². The van der Waals surface area contributed by atoms with Gasteiger partial charge in [-0.05, 0) is 37.2 Å². The number of hydrogen-bond donors (Lipinski definition) is 2. The zero-order chi connectivity index (χ0) is 16.9. The number of likely N-dealkylation sites (N-methyl/N-ethyl adjacent to an activating group) is 1. The molecular formula is C17H23N5OS. The van der Waals surface area contributed by atoms with E-state index in [1.54, 1.807) is 6.20 Å². The zero-order valence-electron chi connectivity index (χ0n) is 14.1. The predicted molar refractivity (Wildman–Crippen MR) is 100 cm³/mol. The van der Waals surface area contributed by atoms with Crippen molar-refractivity contribution in [1.29, 1.82) is 0 Å². The Kier molecular flexibility index (Phi) is 5.32. The third kappa shape index (κ3) is 4.04. The Hall–Kier alpha value is -2.12. The monoisotopic (exact) mass is 345 g/mol. The molecule has 2 N–H and O–H groups in total. The van der Waals surface area contributed by atoms with Gasteiger partial charge in [0.05, 0.1) is 0 Å². The number of thiazole rings is 1. The lowest BCUT2D eigenvalue weighted by Crippen LogP contribution is -2.46. The van der Waals surface area contributed by atoms with Gasteiger partial charge in [-0.25, -0.2) is 9.78 Å². The molecule has 1 aromatic heterocycles. The summed E-state index contributed by atoms with van der Waals surface area (Å²) in [7, 11) is 0. The molecule has 1 saturated heterocycles. The number of anilines is 3. The molecule has 2 amide bonds. The van der Waals surface area contributed by atoms with E-state index in [1.165, 1.54) is 17.0 Å². The fourth-order valence-corrected chi connectivity index (χ4v) is 3.37. The summed E-state index contributed by atoms with van der Waals surface area (Å²) < 4.78 is 0. The number of carbonyl (C=O) groups excluding carboxylic acids is 1. The first kappa shape index (κ1) is 16.7. The van der Waals surface area contributed by atoms with Crippen LogP contribution in [0, 0.1) is 6.92 Å². The highest BCUT2D eigenvalue weighted by Crippen LogP contribution is 2.24. The van der Waals surface area contributed by atoms with Crippen molar-refractivity contribution < 1.29 is 4.79 Å². The maximum absolute atomic E-state index is 12.0. The minimum Gasteiger partial charge on any atom is -0.369 e. The summed E-state index contributed by atoms with van der Waals surface area (Å²) >= 11 is 1.40. The Morgan fingerprint density at radius 1 is 1.25 bits per heavy atom. The van der Waals surface area contributed by atoms with Gasteiger partial charge in [0.1, 0.15) is 0 Å². The lowest BCUT2D eigenvalue weighted by atomic mass is 10.1. The van der Waals surface area contributed by atoms with Gasteiger partial charge >= 0.3 is 6.03 Å². The first-order chi connectivity index (χ1) is 11.7. The maximum atomic E-state index is 12.0. The number of hydrogen-bond acceptors (Lipinski definition) is 5. The molecule has 7 heteroatoms. The molecule has 1 aromatic carbocycles. The fourth-order valence-electron chi connectivity index (χ4n) is 2.84. The van der Waals surface area contributed by atoms with Gasteiger partial charge in [-0.15, -0.1) is 11.3 Å². The van der Waals surface area contributed by atoms with E-state index in [2.05, 4.69) is 44.5 Å². The molecule has 1 aliphatic rings. The minimum atomic E-state index is -0.266. The highest BCUT2D eigenvalue weighted by molar-refractivity contribution is 7.13. The van der Waals surface area contributed by atoms with E-state index in [1.807, 2.05) is 18.4 Å². The number of nitrogens with one attached hydrogen (secondary N) is 2. The van der Waals surface area contributed by atoms with Crippen LogP contribution in [0.25, 0.3) is 0 Å². The Balaban J connectivity index is 1.61. The van der Waals surface area contributed by atoms with Crippen LogP contribution >= 0.6 is 11.3 Å². The number of benzene rings is 1. The summed E-state index contributed by atoms with van der Waals surface area (Å²) in [5.41, 5.74) is 3.09. The molecule has 2 heterocycles. The highest BCUT2D eigenvalue weighted by atomic mass is 32.1. The normalized spacial score (nSPS) is 15.3. The summed E-state index contributed by atoms with van der Waals surface area (Å²) in [5, 5.41) is 8.03. The predicted octanol–water partition coefficient (Wildman–Crippen LogP) is 3.24. The van der Waals surface area contributed by atoms with Gasteiger partial charge in [-0.2, -0.15) is 0 Å². The lowest BCUT2D eigenvalue weighted by molar-refractivity contribution is 0.262. The molecule has 0 saturated carbocycles. The Bertz CT molecular complexity index is 680. The second-order valence-corrected chi connectivity index (χ2v) is 6.73. The molecular weight excluding hydrogens is 322 g/mol. The van der Waals surface area contributed by atoms with Crippen molar-refractivity contribution in [3.05, 3.63) is 35.3 Å². The quantitative estimate of drug-likeness (QED) is 0.893. The van der Waals surface area contributed by atoms with E-state index in [-0.39, 0.29) is 6.03 Å². The number of nitrogens with zero attached hydrogens (tertiary/aromatic N) is 3. The number of amides is 2. The molecule has 0 aliphatic carbocycles. The van der Waals surface area contributed by atoms with Gasteiger partial charge in [0, 0.05) is 49.1 Å². The van der Waals surface area contributed by atoms with Gasteiger partial charge in [-0.1, -0.05) is 6.92 Å². The van der Waals surface area contributed by atoms with Crippen LogP contribution in [0.2, 0.25) is 0 Å². The molecule has 6 nitrogen and oxygen atoms in total. The van der Waals surface area contributed by atoms with E-state index in [4.69, 9.17) is 0 Å². The van der Waals surface area contributed by atoms with E-state index in [0.29, 0.717) is 5.13 Å². The first-order valence-corrected chi connectivity index (χ1v) is 9.09. The van der Waals surface area contributed by atoms with Crippen molar-refractivity contribution in [2.24, 2.45) is 0 Å². The van der Waals surface area contributed by atoms with Crippen molar-refractivity contribution in [3.8, 4) is 0 Å².